The van der Waals surface area contributed by atoms with Crippen molar-refractivity contribution >= 4 is 5.91 Å². The smallest absolute Gasteiger partial charge is 0.231 e. The Balaban J connectivity index is 2.70. The van der Waals surface area contributed by atoms with Crippen molar-refractivity contribution in [2.75, 3.05) is 0 Å². The van der Waals surface area contributed by atoms with E-state index in [4.69, 9.17) is 0 Å². The van der Waals surface area contributed by atoms with E-state index in [-0.39, 0.29) is 11.8 Å². The summed E-state index contributed by atoms with van der Waals surface area (Å²) in [5.41, 5.74) is 1.01. The van der Waals surface area contributed by atoms with Gasteiger partial charge in [0, 0.05) is 5.70 Å². The number of carbonyl (C=O) groups is 1. The standard InChI is InChI=1S/C10H15NO/c1-3-8-6-5-7-9(4-2)11-10(8)12/h5-8H,3-4H2,1-2H3,(H,11,12)/t8-/m1/s1. The van der Waals surface area contributed by atoms with Crippen LogP contribution in [0, 0.1) is 5.92 Å². The lowest BCUT2D eigenvalue weighted by molar-refractivity contribution is -0.122. The van der Waals surface area contributed by atoms with Gasteiger partial charge in [-0.05, 0) is 18.9 Å². The quantitative estimate of drug-likeness (QED) is 0.666. The predicted octanol–water partition coefficient (Wildman–Crippen LogP) is 1.99. The SMILES string of the molecule is CCC1=CC=C[C@@H](CC)C(=O)N1. The van der Waals surface area contributed by atoms with E-state index >= 15 is 0 Å². The molecule has 0 aromatic heterocycles. The third-order valence-corrected chi connectivity index (χ3v) is 2.08. The first kappa shape index (κ1) is 9.04. The Hall–Kier alpha value is -1.05. The number of allylic oxidation sites excluding steroid dienone is 3. The molecule has 0 unspecified atom stereocenters. The van der Waals surface area contributed by atoms with Crippen molar-refractivity contribution in [2.24, 2.45) is 5.92 Å². The van der Waals surface area contributed by atoms with Gasteiger partial charge in [0.05, 0.1) is 5.92 Å². The third-order valence-electron chi connectivity index (χ3n) is 2.08. The number of carbonyl (C=O) groups excluding carboxylic acids is 1. The first-order chi connectivity index (χ1) is 5.77. The first-order valence-corrected chi connectivity index (χ1v) is 4.46. The molecule has 1 N–H and O–H groups in total. The van der Waals surface area contributed by atoms with Gasteiger partial charge in [0.25, 0.3) is 0 Å². The van der Waals surface area contributed by atoms with Gasteiger partial charge in [-0.1, -0.05) is 26.0 Å². The zero-order valence-corrected chi connectivity index (χ0v) is 7.63. The van der Waals surface area contributed by atoms with Crippen LogP contribution in [0.3, 0.4) is 0 Å². The summed E-state index contributed by atoms with van der Waals surface area (Å²) in [6, 6.07) is 0. The average molecular weight is 165 g/mol. The molecule has 1 aliphatic rings. The minimum Gasteiger partial charge on any atom is -0.329 e. The fraction of sp³-hybridized carbons (Fsp3) is 0.500. The molecule has 0 saturated heterocycles. The Bertz CT molecular complexity index is 228. The summed E-state index contributed by atoms with van der Waals surface area (Å²) in [6.07, 6.45) is 7.64. The van der Waals surface area contributed by atoms with E-state index in [9.17, 15) is 4.79 Å². The van der Waals surface area contributed by atoms with E-state index in [1.54, 1.807) is 0 Å². The molecule has 1 atom stereocenters. The maximum atomic E-state index is 11.4. The lowest BCUT2D eigenvalue weighted by Gasteiger charge is -2.09. The van der Waals surface area contributed by atoms with Crippen LogP contribution >= 0.6 is 0 Å². The highest BCUT2D eigenvalue weighted by Gasteiger charge is 2.14. The maximum Gasteiger partial charge on any atom is 0.231 e. The highest BCUT2D eigenvalue weighted by Crippen LogP contribution is 2.10. The number of rotatable bonds is 2. The molecule has 0 spiro atoms. The zero-order valence-electron chi connectivity index (χ0n) is 7.63. The molecule has 12 heavy (non-hydrogen) atoms. The molecule has 0 radical (unpaired) electrons. The number of amides is 1. The molecule has 0 fully saturated rings. The Kier molecular flexibility index (Phi) is 3.09. The van der Waals surface area contributed by atoms with Gasteiger partial charge < -0.3 is 5.32 Å². The van der Waals surface area contributed by atoms with Crippen molar-refractivity contribution in [1.29, 1.82) is 0 Å². The van der Waals surface area contributed by atoms with Crippen molar-refractivity contribution in [3.8, 4) is 0 Å². The normalized spacial score (nSPS) is 23.0. The molecule has 1 aliphatic heterocycles. The van der Waals surface area contributed by atoms with Crippen LogP contribution in [0.4, 0.5) is 0 Å². The fourth-order valence-electron chi connectivity index (χ4n) is 1.21. The van der Waals surface area contributed by atoms with Crippen molar-refractivity contribution in [3.63, 3.8) is 0 Å². The molecule has 0 aromatic carbocycles. The largest absolute Gasteiger partial charge is 0.329 e. The van der Waals surface area contributed by atoms with Crippen molar-refractivity contribution < 1.29 is 4.79 Å². The van der Waals surface area contributed by atoms with Gasteiger partial charge in [-0.25, -0.2) is 0 Å². The van der Waals surface area contributed by atoms with Crippen LogP contribution in [-0.4, -0.2) is 5.91 Å². The molecule has 0 saturated carbocycles. The second kappa shape index (κ2) is 4.10. The maximum absolute atomic E-state index is 11.4. The minimum atomic E-state index is 0.0466. The number of hydrogen-bond acceptors (Lipinski definition) is 1. The zero-order chi connectivity index (χ0) is 8.97. The summed E-state index contributed by atoms with van der Waals surface area (Å²) in [6.45, 7) is 4.05. The molecule has 66 valence electrons. The Labute approximate surface area is 73.4 Å². The lowest BCUT2D eigenvalue weighted by Crippen LogP contribution is -2.27. The van der Waals surface area contributed by atoms with E-state index in [1.165, 1.54) is 0 Å². The fourth-order valence-corrected chi connectivity index (χ4v) is 1.21. The van der Waals surface area contributed by atoms with Crippen LogP contribution in [0.1, 0.15) is 26.7 Å². The monoisotopic (exact) mass is 165 g/mol. The van der Waals surface area contributed by atoms with Gasteiger partial charge in [-0.2, -0.15) is 0 Å². The van der Waals surface area contributed by atoms with Crippen LogP contribution in [0.15, 0.2) is 23.9 Å². The van der Waals surface area contributed by atoms with Crippen LogP contribution in [0.2, 0.25) is 0 Å². The molecular formula is C10H15NO. The van der Waals surface area contributed by atoms with Gasteiger partial charge in [0.15, 0.2) is 0 Å². The Morgan fingerprint density at radius 1 is 1.50 bits per heavy atom. The van der Waals surface area contributed by atoms with Gasteiger partial charge in [-0.3, -0.25) is 4.79 Å². The highest BCUT2D eigenvalue weighted by molar-refractivity contribution is 5.82. The summed E-state index contributed by atoms with van der Waals surface area (Å²) in [5, 5.41) is 2.89. The van der Waals surface area contributed by atoms with Gasteiger partial charge in [0.1, 0.15) is 0 Å². The van der Waals surface area contributed by atoms with Crippen LogP contribution in [0.25, 0.3) is 0 Å². The van der Waals surface area contributed by atoms with E-state index < -0.39 is 0 Å². The second-order valence-corrected chi connectivity index (χ2v) is 2.93. The second-order valence-electron chi connectivity index (χ2n) is 2.93. The summed E-state index contributed by atoms with van der Waals surface area (Å²) in [7, 11) is 0. The van der Waals surface area contributed by atoms with E-state index in [0.717, 1.165) is 18.5 Å². The minimum absolute atomic E-state index is 0.0466. The summed E-state index contributed by atoms with van der Waals surface area (Å²) >= 11 is 0. The van der Waals surface area contributed by atoms with E-state index in [1.807, 2.05) is 32.1 Å². The van der Waals surface area contributed by atoms with Crippen LogP contribution < -0.4 is 5.32 Å². The molecule has 0 bridgehead atoms. The first-order valence-electron chi connectivity index (χ1n) is 4.46. The number of hydrogen-bond donors (Lipinski definition) is 1. The van der Waals surface area contributed by atoms with Crippen molar-refractivity contribution in [3.05, 3.63) is 23.9 Å². The molecule has 1 heterocycles. The molecule has 0 aliphatic carbocycles. The van der Waals surface area contributed by atoms with Gasteiger partial charge in [-0.15, -0.1) is 0 Å². The van der Waals surface area contributed by atoms with Crippen LogP contribution in [-0.2, 0) is 4.79 Å². The summed E-state index contributed by atoms with van der Waals surface area (Å²) < 4.78 is 0. The number of nitrogens with one attached hydrogen (secondary N) is 1. The Morgan fingerprint density at radius 2 is 2.25 bits per heavy atom. The third kappa shape index (κ3) is 1.97. The van der Waals surface area contributed by atoms with Gasteiger partial charge >= 0.3 is 0 Å². The van der Waals surface area contributed by atoms with Gasteiger partial charge in [0.2, 0.25) is 5.91 Å². The highest BCUT2D eigenvalue weighted by atomic mass is 16.1. The average Bonchev–Trinajstić information content (AvgIpc) is 2.26. The molecular weight excluding hydrogens is 150 g/mol. The molecule has 1 amide bonds. The molecule has 0 aromatic rings. The van der Waals surface area contributed by atoms with E-state index in [2.05, 4.69) is 5.32 Å². The molecule has 2 nitrogen and oxygen atoms in total. The summed E-state index contributed by atoms with van der Waals surface area (Å²) in [5.74, 6) is 0.171. The lowest BCUT2D eigenvalue weighted by atomic mass is 10.1. The summed E-state index contributed by atoms with van der Waals surface area (Å²) in [4.78, 5) is 11.4. The molecule has 2 heteroatoms. The van der Waals surface area contributed by atoms with Crippen molar-refractivity contribution in [2.45, 2.75) is 26.7 Å². The molecule has 1 rings (SSSR count). The van der Waals surface area contributed by atoms with E-state index in [0.29, 0.717) is 0 Å². The topological polar surface area (TPSA) is 29.1 Å². The van der Waals surface area contributed by atoms with Crippen molar-refractivity contribution in [1.82, 2.24) is 5.32 Å². The van der Waals surface area contributed by atoms with Crippen LogP contribution in [0.5, 0.6) is 0 Å². The Morgan fingerprint density at radius 3 is 2.83 bits per heavy atom. The predicted molar refractivity (Wildman–Crippen MR) is 49.4 cm³/mol.